The molecular weight excluding hydrogens is 217 g/mol. The van der Waals surface area contributed by atoms with Crippen LogP contribution in [-0.4, -0.2) is 5.78 Å². The summed E-state index contributed by atoms with van der Waals surface area (Å²) >= 11 is 0. The first-order valence-electron chi connectivity index (χ1n) is 5.02. The molecular formula is C14H8FNO. The van der Waals surface area contributed by atoms with Gasteiger partial charge in [-0.2, -0.15) is 5.26 Å². The third-order valence-electron chi connectivity index (χ3n) is 2.39. The van der Waals surface area contributed by atoms with Crippen molar-refractivity contribution in [1.29, 1.82) is 5.26 Å². The molecule has 2 aromatic rings. The van der Waals surface area contributed by atoms with Gasteiger partial charge >= 0.3 is 0 Å². The van der Waals surface area contributed by atoms with E-state index in [4.69, 9.17) is 5.26 Å². The summed E-state index contributed by atoms with van der Waals surface area (Å²) in [6.45, 7) is 0. The van der Waals surface area contributed by atoms with Crippen molar-refractivity contribution in [2.24, 2.45) is 0 Å². The Morgan fingerprint density at radius 1 is 1.06 bits per heavy atom. The van der Waals surface area contributed by atoms with Crippen LogP contribution in [0.2, 0.25) is 0 Å². The van der Waals surface area contributed by atoms with E-state index in [1.807, 2.05) is 6.07 Å². The fourth-order valence-corrected chi connectivity index (χ4v) is 1.50. The molecule has 0 aromatic heterocycles. The fraction of sp³-hybridized carbons (Fsp3) is 0. The van der Waals surface area contributed by atoms with E-state index in [2.05, 4.69) is 0 Å². The number of nitriles is 1. The zero-order chi connectivity index (χ0) is 12.3. The number of carbonyl (C=O) groups is 1. The Bertz CT molecular complexity index is 596. The second-order valence-corrected chi connectivity index (χ2v) is 3.50. The van der Waals surface area contributed by atoms with Crippen molar-refractivity contribution >= 4 is 5.78 Å². The van der Waals surface area contributed by atoms with Crippen LogP contribution in [0.1, 0.15) is 21.5 Å². The quantitative estimate of drug-likeness (QED) is 0.737. The molecule has 0 heterocycles. The number of benzene rings is 2. The van der Waals surface area contributed by atoms with Gasteiger partial charge in [0.2, 0.25) is 0 Å². The minimum absolute atomic E-state index is 0.0391. The number of carbonyl (C=O) groups excluding carboxylic acids is 1. The van der Waals surface area contributed by atoms with Gasteiger partial charge in [0.25, 0.3) is 0 Å². The smallest absolute Gasteiger partial charge is 0.195 e. The monoisotopic (exact) mass is 225 g/mol. The third-order valence-corrected chi connectivity index (χ3v) is 2.39. The summed E-state index contributed by atoms with van der Waals surface area (Å²) in [4.78, 5) is 11.9. The number of hydrogen-bond acceptors (Lipinski definition) is 2. The van der Waals surface area contributed by atoms with Crippen LogP contribution in [-0.2, 0) is 0 Å². The van der Waals surface area contributed by atoms with Gasteiger partial charge in [0.1, 0.15) is 5.82 Å². The maximum Gasteiger partial charge on any atom is 0.195 e. The Balaban J connectivity index is 2.38. The normalized spacial score (nSPS) is 9.65. The third kappa shape index (κ3) is 2.21. The van der Waals surface area contributed by atoms with Crippen LogP contribution >= 0.6 is 0 Å². The van der Waals surface area contributed by atoms with Crippen LogP contribution < -0.4 is 0 Å². The van der Waals surface area contributed by atoms with E-state index in [0.29, 0.717) is 11.1 Å². The summed E-state index contributed by atoms with van der Waals surface area (Å²) in [5, 5.41) is 8.63. The Morgan fingerprint density at radius 3 is 2.29 bits per heavy atom. The predicted octanol–water partition coefficient (Wildman–Crippen LogP) is 2.93. The molecule has 0 saturated heterocycles. The topological polar surface area (TPSA) is 40.9 Å². The maximum absolute atomic E-state index is 13.4. The summed E-state index contributed by atoms with van der Waals surface area (Å²) in [5.41, 5.74) is 0.876. The van der Waals surface area contributed by atoms with Crippen molar-refractivity contribution in [2.75, 3.05) is 0 Å². The van der Waals surface area contributed by atoms with E-state index >= 15 is 0 Å². The van der Waals surface area contributed by atoms with E-state index in [0.717, 1.165) is 0 Å². The molecule has 17 heavy (non-hydrogen) atoms. The van der Waals surface area contributed by atoms with Crippen molar-refractivity contribution < 1.29 is 9.18 Å². The molecule has 2 nitrogen and oxygen atoms in total. The highest BCUT2D eigenvalue weighted by Gasteiger charge is 2.12. The molecule has 0 aliphatic heterocycles. The molecule has 0 atom stereocenters. The van der Waals surface area contributed by atoms with Crippen molar-refractivity contribution in [3.63, 3.8) is 0 Å². The second kappa shape index (κ2) is 4.58. The minimum atomic E-state index is -0.540. The first-order valence-corrected chi connectivity index (χ1v) is 5.02. The van der Waals surface area contributed by atoms with Gasteiger partial charge in [-0.3, -0.25) is 4.79 Å². The zero-order valence-electron chi connectivity index (χ0n) is 8.85. The minimum Gasteiger partial charge on any atom is -0.288 e. The van der Waals surface area contributed by atoms with Gasteiger partial charge in [-0.05, 0) is 36.4 Å². The van der Waals surface area contributed by atoms with Crippen LogP contribution in [0.15, 0.2) is 48.5 Å². The summed E-state index contributed by atoms with van der Waals surface area (Å²) in [5.74, 6) is -0.922. The Labute approximate surface area is 97.9 Å². The molecule has 0 radical (unpaired) electrons. The van der Waals surface area contributed by atoms with Crippen LogP contribution in [0.4, 0.5) is 4.39 Å². The second-order valence-electron chi connectivity index (χ2n) is 3.50. The predicted molar refractivity (Wildman–Crippen MR) is 61.0 cm³/mol. The maximum atomic E-state index is 13.4. The standard InChI is InChI=1S/C14H8FNO/c15-13-4-2-1-3-12(13)14(17)11-7-5-10(9-16)6-8-11/h1-8H. The van der Waals surface area contributed by atoms with Gasteiger partial charge in [-0.15, -0.1) is 0 Å². The van der Waals surface area contributed by atoms with Gasteiger partial charge in [-0.25, -0.2) is 4.39 Å². The fourth-order valence-electron chi connectivity index (χ4n) is 1.50. The average Bonchev–Trinajstić information content (AvgIpc) is 2.39. The molecule has 82 valence electrons. The highest BCUT2D eigenvalue weighted by Crippen LogP contribution is 2.13. The van der Waals surface area contributed by atoms with Crippen molar-refractivity contribution in [2.45, 2.75) is 0 Å². The number of rotatable bonds is 2. The van der Waals surface area contributed by atoms with Crippen LogP contribution in [0.25, 0.3) is 0 Å². The molecule has 3 heteroatoms. The van der Waals surface area contributed by atoms with E-state index in [1.165, 1.54) is 42.5 Å². The lowest BCUT2D eigenvalue weighted by molar-refractivity contribution is 0.103. The lowest BCUT2D eigenvalue weighted by atomic mass is 10.0. The van der Waals surface area contributed by atoms with E-state index in [9.17, 15) is 9.18 Å². The van der Waals surface area contributed by atoms with Gasteiger partial charge in [0.05, 0.1) is 17.2 Å². The van der Waals surface area contributed by atoms with Crippen molar-refractivity contribution in [1.82, 2.24) is 0 Å². The van der Waals surface area contributed by atoms with E-state index in [1.54, 1.807) is 6.07 Å². The number of halogens is 1. The van der Waals surface area contributed by atoms with E-state index in [-0.39, 0.29) is 11.3 Å². The van der Waals surface area contributed by atoms with Gasteiger partial charge < -0.3 is 0 Å². The number of hydrogen-bond donors (Lipinski definition) is 0. The first-order chi connectivity index (χ1) is 8.22. The van der Waals surface area contributed by atoms with Crippen molar-refractivity contribution in [3.8, 4) is 6.07 Å². The lowest BCUT2D eigenvalue weighted by Crippen LogP contribution is -2.03. The largest absolute Gasteiger partial charge is 0.288 e. The molecule has 0 aliphatic rings. The Morgan fingerprint density at radius 2 is 1.71 bits per heavy atom. The molecule has 0 saturated carbocycles. The molecule has 0 bridgehead atoms. The van der Waals surface area contributed by atoms with Crippen LogP contribution in [0.3, 0.4) is 0 Å². The van der Waals surface area contributed by atoms with Gasteiger partial charge in [0, 0.05) is 5.56 Å². The molecule has 0 aliphatic carbocycles. The highest BCUT2D eigenvalue weighted by molar-refractivity contribution is 6.09. The van der Waals surface area contributed by atoms with Crippen LogP contribution in [0.5, 0.6) is 0 Å². The molecule has 0 N–H and O–H groups in total. The first kappa shape index (κ1) is 11.0. The average molecular weight is 225 g/mol. The molecule has 0 amide bonds. The SMILES string of the molecule is N#Cc1ccc(C(=O)c2ccccc2F)cc1. The van der Waals surface area contributed by atoms with Crippen molar-refractivity contribution in [3.05, 3.63) is 71.0 Å². The zero-order valence-corrected chi connectivity index (χ0v) is 8.85. The molecule has 0 unspecified atom stereocenters. The molecule has 0 spiro atoms. The number of nitrogens with zero attached hydrogens (tertiary/aromatic N) is 1. The summed E-state index contributed by atoms with van der Waals surface area (Å²) in [6.07, 6.45) is 0. The molecule has 2 aromatic carbocycles. The van der Waals surface area contributed by atoms with Crippen LogP contribution in [0, 0.1) is 17.1 Å². The summed E-state index contributed by atoms with van der Waals surface area (Å²) in [7, 11) is 0. The Hall–Kier alpha value is -2.47. The molecule has 0 fully saturated rings. The number of ketones is 1. The summed E-state index contributed by atoms with van der Waals surface area (Å²) in [6, 6.07) is 13.9. The molecule has 2 rings (SSSR count). The highest BCUT2D eigenvalue weighted by atomic mass is 19.1. The van der Waals surface area contributed by atoms with Gasteiger partial charge in [-0.1, -0.05) is 12.1 Å². The summed E-state index contributed by atoms with van der Waals surface area (Å²) < 4.78 is 13.4. The lowest BCUT2D eigenvalue weighted by Gasteiger charge is -2.02. The Kier molecular flexibility index (Phi) is 2.97. The van der Waals surface area contributed by atoms with Gasteiger partial charge in [0.15, 0.2) is 5.78 Å². The van der Waals surface area contributed by atoms with E-state index < -0.39 is 5.82 Å².